The number of benzene rings is 1. The summed E-state index contributed by atoms with van der Waals surface area (Å²) in [5.41, 5.74) is 0.987. The Hall–Kier alpha value is -0.0800. The number of aryl methyl sites for hydroxylation is 1. The first kappa shape index (κ1) is 13.0. The van der Waals surface area contributed by atoms with Gasteiger partial charge in [-0.25, -0.2) is 4.39 Å². The van der Waals surface area contributed by atoms with Gasteiger partial charge >= 0.3 is 0 Å². The van der Waals surface area contributed by atoms with Crippen molar-refractivity contribution in [2.45, 2.75) is 32.1 Å². The van der Waals surface area contributed by atoms with Gasteiger partial charge in [-0.15, -0.1) is 11.6 Å². The third kappa shape index (κ3) is 3.76. The molecule has 0 bridgehead atoms. The van der Waals surface area contributed by atoms with E-state index >= 15 is 0 Å². The molecule has 0 aromatic heterocycles. The number of hydrogen-bond donors (Lipinski definition) is 0. The monoisotopic (exact) mass is 292 g/mol. The molecule has 0 spiro atoms. The van der Waals surface area contributed by atoms with Gasteiger partial charge in [0.25, 0.3) is 0 Å². The van der Waals surface area contributed by atoms with Gasteiger partial charge in [-0.3, -0.25) is 0 Å². The molecule has 3 heteroatoms. The molecule has 1 rings (SSSR count). The molecule has 1 atom stereocenters. The quantitative estimate of drug-likeness (QED) is 0.701. The van der Waals surface area contributed by atoms with Crippen molar-refractivity contribution in [3.63, 3.8) is 0 Å². The van der Waals surface area contributed by atoms with Crippen molar-refractivity contribution in [1.82, 2.24) is 0 Å². The first-order valence-electron chi connectivity index (χ1n) is 5.09. The maximum absolute atomic E-state index is 13.2. The molecule has 84 valence electrons. The predicted molar refractivity (Wildman–Crippen MR) is 66.9 cm³/mol. The standard InChI is InChI=1S/C12H15BrClF/c1-8(2)10(14)7-6-9-4-3-5-11(15)12(9)13/h3-5,8,10H,6-7H2,1-2H3. The van der Waals surface area contributed by atoms with Gasteiger partial charge in [0.05, 0.1) is 4.47 Å². The van der Waals surface area contributed by atoms with Gasteiger partial charge in [-0.1, -0.05) is 26.0 Å². The lowest BCUT2D eigenvalue weighted by molar-refractivity contribution is 0.562. The smallest absolute Gasteiger partial charge is 0.137 e. The Bertz CT molecular complexity index is 325. The van der Waals surface area contributed by atoms with Gasteiger partial charge in [-0.2, -0.15) is 0 Å². The first-order valence-corrected chi connectivity index (χ1v) is 6.32. The molecule has 1 aromatic carbocycles. The van der Waals surface area contributed by atoms with Crippen molar-refractivity contribution in [1.29, 1.82) is 0 Å². The van der Waals surface area contributed by atoms with E-state index in [-0.39, 0.29) is 11.2 Å². The Morgan fingerprint density at radius 1 is 1.40 bits per heavy atom. The largest absolute Gasteiger partial charge is 0.206 e. The van der Waals surface area contributed by atoms with E-state index in [2.05, 4.69) is 29.8 Å². The molecule has 1 unspecified atom stereocenters. The van der Waals surface area contributed by atoms with E-state index in [9.17, 15) is 4.39 Å². The molecular weight excluding hydrogens is 278 g/mol. The van der Waals surface area contributed by atoms with Crippen LogP contribution in [0.4, 0.5) is 4.39 Å². The molecular formula is C12H15BrClF. The zero-order valence-corrected chi connectivity index (χ0v) is 11.3. The van der Waals surface area contributed by atoms with Gasteiger partial charge in [0.15, 0.2) is 0 Å². The molecule has 1 aromatic rings. The van der Waals surface area contributed by atoms with Crippen molar-refractivity contribution in [3.8, 4) is 0 Å². The van der Waals surface area contributed by atoms with Gasteiger partial charge in [0.2, 0.25) is 0 Å². The number of halogens is 3. The fraction of sp³-hybridized carbons (Fsp3) is 0.500. The van der Waals surface area contributed by atoms with Crippen LogP contribution in [0.5, 0.6) is 0 Å². The molecule has 0 aliphatic carbocycles. The van der Waals surface area contributed by atoms with Crippen LogP contribution in [0.15, 0.2) is 22.7 Å². The van der Waals surface area contributed by atoms with Crippen LogP contribution in [0.25, 0.3) is 0 Å². The van der Waals surface area contributed by atoms with E-state index in [0.29, 0.717) is 10.4 Å². The third-order valence-electron chi connectivity index (χ3n) is 2.44. The van der Waals surface area contributed by atoms with Gasteiger partial charge in [0.1, 0.15) is 5.82 Å². The molecule has 0 radical (unpaired) electrons. The molecule has 0 N–H and O–H groups in total. The van der Waals surface area contributed by atoms with Crippen molar-refractivity contribution < 1.29 is 4.39 Å². The first-order chi connectivity index (χ1) is 7.02. The Kier molecular flexibility index (Phi) is 5.07. The second kappa shape index (κ2) is 5.86. The summed E-state index contributed by atoms with van der Waals surface area (Å²) >= 11 is 9.40. The van der Waals surface area contributed by atoms with Crippen LogP contribution in [0.3, 0.4) is 0 Å². The molecule has 0 fully saturated rings. The lowest BCUT2D eigenvalue weighted by Gasteiger charge is -2.13. The van der Waals surface area contributed by atoms with Crippen LogP contribution in [-0.4, -0.2) is 5.38 Å². The Morgan fingerprint density at radius 3 is 2.67 bits per heavy atom. The minimum absolute atomic E-state index is 0.153. The lowest BCUT2D eigenvalue weighted by atomic mass is 10.0. The van der Waals surface area contributed by atoms with Crippen LogP contribution in [0.1, 0.15) is 25.8 Å². The Morgan fingerprint density at radius 2 is 2.07 bits per heavy atom. The van der Waals surface area contributed by atoms with Crippen molar-refractivity contribution in [3.05, 3.63) is 34.1 Å². The van der Waals surface area contributed by atoms with E-state index in [1.54, 1.807) is 6.07 Å². The molecule has 0 saturated carbocycles. The minimum Gasteiger partial charge on any atom is -0.206 e. The topological polar surface area (TPSA) is 0 Å². The fourth-order valence-electron chi connectivity index (χ4n) is 1.37. The summed E-state index contributed by atoms with van der Waals surface area (Å²) in [5.74, 6) is 0.252. The highest BCUT2D eigenvalue weighted by molar-refractivity contribution is 9.10. The van der Waals surface area contributed by atoms with Gasteiger partial charge in [0, 0.05) is 5.38 Å². The van der Waals surface area contributed by atoms with Crippen LogP contribution < -0.4 is 0 Å². The van der Waals surface area contributed by atoms with Crippen LogP contribution >= 0.6 is 27.5 Å². The molecule has 0 nitrogen and oxygen atoms in total. The molecule has 0 amide bonds. The Labute approximate surface area is 104 Å². The molecule has 0 saturated heterocycles. The fourth-order valence-corrected chi connectivity index (χ4v) is 1.94. The SMILES string of the molecule is CC(C)C(Cl)CCc1cccc(F)c1Br. The van der Waals surface area contributed by atoms with Crippen LogP contribution in [0, 0.1) is 11.7 Å². The summed E-state index contributed by atoms with van der Waals surface area (Å²) in [6, 6.07) is 5.11. The highest BCUT2D eigenvalue weighted by Gasteiger charge is 2.11. The van der Waals surface area contributed by atoms with E-state index in [4.69, 9.17) is 11.6 Å². The summed E-state index contributed by atoms with van der Waals surface area (Å²) in [4.78, 5) is 0. The van der Waals surface area contributed by atoms with E-state index in [1.165, 1.54) is 6.07 Å². The second-order valence-corrected chi connectivity index (χ2v) is 5.37. The second-order valence-electron chi connectivity index (χ2n) is 4.01. The summed E-state index contributed by atoms with van der Waals surface area (Å²) in [6.45, 7) is 4.19. The van der Waals surface area contributed by atoms with Gasteiger partial charge < -0.3 is 0 Å². The predicted octanol–water partition coefficient (Wildman–Crippen LogP) is 4.78. The number of alkyl halides is 1. The van der Waals surface area contributed by atoms with E-state index in [1.807, 2.05) is 6.07 Å². The highest BCUT2D eigenvalue weighted by Crippen LogP contribution is 2.24. The van der Waals surface area contributed by atoms with Crippen molar-refractivity contribution in [2.75, 3.05) is 0 Å². The molecule has 0 heterocycles. The van der Waals surface area contributed by atoms with E-state index in [0.717, 1.165) is 18.4 Å². The normalized spacial score (nSPS) is 13.2. The van der Waals surface area contributed by atoms with Crippen LogP contribution in [-0.2, 0) is 6.42 Å². The number of hydrogen-bond acceptors (Lipinski definition) is 0. The Balaban J connectivity index is 2.62. The molecule has 0 aliphatic rings. The lowest BCUT2D eigenvalue weighted by Crippen LogP contribution is -2.09. The number of rotatable bonds is 4. The van der Waals surface area contributed by atoms with Crippen molar-refractivity contribution in [2.24, 2.45) is 5.92 Å². The maximum Gasteiger partial charge on any atom is 0.137 e. The zero-order chi connectivity index (χ0) is 11.4. The highest BCUT2D eigenvalue weighted by atomic mass is 79.9. The minimum atomic E-state index is -0.205. The van der Waals surface area contributed by atoms with E-state index < -0.39 is 0 Å². The summed E-state index contributed by atoms with van der Waals surface area (Å²) in [7, 11) is 0. The maximum atomic E-state index is 13.2. The molecule has 0 aliphatic heterocycles. The molecule has 15 heavy (non-hydrogen) atoms. The van der Waals surface area contributed by atoms with Gasteiger partial charge in [-0.05, 0) is 46.3 Å². The third-order valence-corrected chi connectivity index (χ3v) is 4.05. The zero-order valence-electron chi connectivity index (χ0n) is 8.93. The average molecular weight is 294 g/mol. The van der Waals surface area contributed by atoms with Crippen LogP contribution in [0.2, 0.25) is 0 Å². The van der Waals surface area contributed by atoms with Crippen molar-refractivity contribution >= 4 is 27.5 Å². The summed E-state index contributed by atoms with van der Waals surface area (Å²) in [5, 5.41) is 0.153. The average Bonchev–Trinajstić information content (AvgIpc) is 2.19. The summed E-state index contributed by atoms with van der Waals surface area (Å²) in [6.07, 6.45) is 1.69. The summed E-state index contributed by atoms with van der Waals surface area (Å²) < 4.78 is 13.7.